The first-order valence-corrected chi connectivity index (χ1v) is 5.05. The van der Waals surface area contributed by atoms with Crippen molar-refractivity contribution >= 4 is 11.9 Å². The molecule has 0 aliphatic heterocycles. The smallest absolute Gasteiger partial charge is 0.300 e. The van der Waals surface area contributed by atoms with E-state index in [0.717, 1.165) is 19.4 Å². The Kier molecular flexibility index (Phi) is 21.8. The molecule has 0 heterocycles. The lowest BCUT2D eigenvalue weighted by Crippen LogP contribution is -1.85. The summed E-state index contributed by atoms with van der Waals surface area (Å²) in [5.41, 5.74) is 1.09. The summed E-state index contributed by atoms with van der Waals surface area (Å²) in [7, 11) is 0. The minimum absolute atomic E-state index is 0. The van der Waals surface area contributed by atoms with Gasteiger partial charge in [0.05, 0.1) is 5.76 Å². The summed E-state index contributed by atoms with van der Waals surface area (Å²) in [5.74, 6) is -1.45. The van der Waals surface area contributed by atoms with Crippen LogP contribution in [-0.4, -0.2) is 27.3 Å². The zero-order chi connectivity index (χ0) is 14.6. The van der Waals surface area contributed by atoms with Crippen LogP contribution in [-0.2, 0) is 16.0 Å². The zero-order valence-corrected chi connectivity index (χ0v) is 11.9. The molecule has 0 amide bonds. The predicted molar refractivity (Wildman–Crippen MR) is 78.6 cm³/mol. The molecule has 0 aliphatic carbocycles. The highest BCUT2D eigenvalue weighted by Crippen LogP contribution is 2.02. The van der Waals surface area contributed by atoms with Crippen LogP contribution in [0.25, 0.3) is 0 Å². The Morgan fingerprint density at radius 1 is 0.950 bits per heavy atom. The third-order valence-electron chi connectivity index (χ3n) is 1.25. The number of hydrogen-bond donors (Lipinski definition) is 5. The summed E-state index contributed by atoms with van der Waals surface area (Å²) >= 11 is 0. The topological polar surface area (TPSA) is 165 Å². The Bertz CT molecular complexity index is 360. The number of carbonyl (C=O) groups is 2. The van der Waals surface area contributed by atoms with Crippen LogP contribution in [0, 0.1) is 0 Å². The normalized spacial score (nSPS) is 7.10. The highest BCUT2D eigenvalue weighted by Gasteiger charge is 1.90. The van der Waals surface area contributed by atoms with Gasteiger partial charge >= 0.3 is 0 Å². The summed E-state index contributed by atoms with van der Waals surface area (Å²) in [4.78, 5) is 18.0. The number of allylic oxidation sites excluding steroid dienone is 1. The van der Waals surface area contributed by atoms with E-state index in [-0.39, 0.29) is 18.1 Å². The van der Waals surface area contributed by atoms with E-state index in [0.29, 0.717) is 6.42 Å². The van der Waals surface area contributed by atoms with E-state index in [1.165, 1.54) is 0 Å². The lowest BCUT2D eigenvalue weighted by molar-refractivity contribution is -0.135. The van der Waals surface area contributed by atoms with Gasteiger partial charge in [-0.2, -0.15) is 0 Å². The van der Waals surface area contributed by atoms with Gasteiger partial charge in [0, 0.05) is 20.3 Å². The van der Waals surface area contributed by atoms with Crippen LogP contribution in [0.2, 0.25) is 0 Å². The maximum atomic E-state index is 9.00. The molecule has 0 unspecified atom stereocenters. The van der Waals surface area contributed by atoms with Crippen molar-refractivity contribution in [2.45, 2.75) is 20.3 Å². The van der Waals surface area contributed by atoms with Crippen LogP contribution in [0.15, 0.2) is 42.7 Å². The Morgan fingerprint density at radius 2 is 1.25 bits per heavy atom. The van der Waals surface area contributed by atoms with Crippen LogP contribution in [0.4, 0.5) is 0 Å². The maximum absolute atomic E-state index is 9.00. The first-order valence-electron chi connectivity index (χ1n) is 5.05. The average molecular weight is 288 g/mol. The minimum Gasteiger partial charge on any atom is -0.513 e. The maximum Gasteiger partial charge on any atom is 0.300 e. The van der Waals surface area contributed by atoms with E-state index in [1.54, 1.807) is 0 Å². The highest BCUT2D eigenvalue weighted by atomic mass is 16.4. The lowest BCUT2D eigenvalue weighted by atomic mass is 10.1. The number of carboxylic acid groups (broad SMARTS) is 2. The average Bonchev–Trinajstić information content (AvgIpc) is 2.16. The van der Waals surface area contributed by atoms with Gasteiger partial charge in [0.25, 0.3) is 11.9 Å². The van der Waals surface area contributed by atoms with Crippen molar-refractivity contribution in [2.24, 2.45) is 0 Å². The van der Waals surface area contributed by atoms with E-state index >= 15 is 0 Å². The Labute approximate surface area is 118 Å². The quantitative estimate of drug-likeness (QED) is 0.521. The first-order chi connectivity index (χ1) is 8.25. The molecule has 7 heteroatoms. The first kappa shape index (κ1) is 26.2. The van der Waals surface area contributed by atoms with Gasteiger partial charge in [-0.1, -0.05) is 36.9 Å². The van der Waals surface area contributed by atoms with Gasteiger partial charge in [-0.25, -0.2) is 0 Å². The second-order valence-corrected chi connectivity index (χ2v) is 3.27. The fourth-order valence-corrected chi connectivity index (χ4v) is 0.831. The van der Waals surface area contributed by atoms with Crippen molar-refractivity contribution in [2.75, 3.05) is 0 Å². The van der Waals surface area contributed by atoms with E-state index in [1.807, 2.05) is 30.3 Å². The van der Waals surface area contributed by atoms with Gasteiger partial charge in [-0.15, -0.1) is 0 Å². The number of aliphatic hydroxyl groups is 1. The summed E-state index contributed by atoms with van der Waals surface area (Å²) in [6.07, 6.45) is 0.556. The van der Waals surface area contributed by atoms with Gasteiger partial charge in [0.15, 0.2) is 0 Å². The van der Waals surface area contributed by atoms with Crippen LogP contribution >= 0.6 is 0 Å². The Morgan fingerprint density at radius 3 is 1.50 bits per heavy atom. The fourth-order valence-electron chi connectivity index (χ4n) is 0.831. The lowest BCUT2D eigenvalue weighted by Gasteiger charge is -1.96. The molecule has 1 aromatic rings. The molecule has 0 radical (unpaired) electrons. The summed E-state index contributed by atoms with van der Waals surface area (Å²) in [6.45, 7) is 5.57. The fraction of sp³-hybridized carbons (Fsp3) is 0.231. The molecular formula is C13H24N2O5. The standard InChI is InChI=1S/C9H10O.2C2H4O2.2H3N/c1-8(10)7-9-5-3-2-4-6-9;2*1-2(3)4;;/h2-6,10H,1,7H2;2*1H3,(H,3,4);2*1H3. The van der Waals surface area contributed by atoms with Crippen molar-refractivity contribution in [3.05, 3.63) is 48.2 Å². The molecule has 0 saturated heterocycles. The van der Waals surface area contributed by atoms with Crippen molar-refractivity contribution in [3.63, 3.8) is 0 Å². The van der Waals surface area contributed by atoms with Crippen molar-refractivity contribution in [1.82, 2.24) is 12.3 Å². The van der Waals surface area contributed by atoms with Crippen molar-refractivity contribution in [1.29, 1.82) is 0 Å². The summed E-state index contributed by atoms with van der Waals surface area (Å²) in [5, 5.41) is 23.6. The molecule has 0 aliphatic rings. The van der Waals surface area contributed by atoms with E-state index in [9.17, 15) is 0 Å². The van der Waals surface area contributed by atoms with Crippen LogP contribution in [0.1, 0.15) is 19.4 Å². The molecule has 0 saturated carbocycles. The third-order valence-corrected chi connectivity index (χ3v) is 1.25. The van der Waals surface area contributed by atoms with E-state index in [4.69, 9.17) is 24.9 Å². The number of rotatable bonds is 2. The van der Waals surface area contributed by atoms with Crippen molar-refractivity contribution in [3.8, 4) is 0 Å². The molecule has 0 bridgehead atoms. The summed E-state index contributed by atoms with van der Waals surface area (Å²) < 4.78 is 0. The Hall–Kier alpha value is -2.38. The molecule has 1 rings (SSSR count). The van der Waals surface area contributed by atoms with Gasteiger partial charge in [-0.05, 0) is 5.56 Å². The van der Waals surface area contributed by atoms with Gasteiger partial charge < -0.3 is 27.6 Å². The largest absolute Gasteiger partial charge is 0.513 e. The molecule has 9 N–H and O–H groups in total. The second-order valence-electron chi connectivity index (χ2n) is 3.27. The van der Waals surface area contributed by atoms with Gasteiger partial charge in [-0.3, -0.25) is 9.59 Å². The number of carboxylic acids is 2. The van der Waals surface area contributed by atoms with E-state index < -0.39 is 11.9 Å². The van der Waals surface area contributed by atoms with E-state index in [2.05, 4.69) is 6.58 Å². The molecule has 20 heavy (non-hydrogen) atoms. The molecule has 0 atom stereocenters. The minimum atomic E-state index is -0.833. The number of benzene rings is 1. The van der Waals surface area contributed by atoms with Gasteiger partial charge in [0.1, 0.15) is 0 Å². The molecule has 1 aromatic carbocycles. The van der Waals surface area contributed by atoms with Crippen molar-refractivity contribution < 1.29 is 24.9 Å². The molecule has 0 fully saturated rings. The Balaban J connectivity index is -0.000000110. The monoisotopic (exact) mass is 288 g/mol. The molecule has 7 nitrogen and oxygen atoms in total. The molecule has 116 valence electrons. The van der Waals surface area contributed by atoms with Crippen LogP contribution in [0.3, 0.4) is 0 Å². The third kappa shape index (κ3) is 36.1. The predicted octanol–water partition coefficient (Wildman–Crippen LogP) is 2.81. The summed E-state index contributed by atoms with van der Waals surface area (Å²) in [6, 6.07) is 9.75. The number of hydrogen-bond acceptors (Lipinski definition) is 5. The molecule has 0 aromatic heterocycles. The van der Waals surface area contributed by atoms with Crippen LogP contribution < -0.4 is 12.3 Å². The second kappa shape index (κ2) is 16.6. The number of aliphatic hydroxyl groups excluding tert-OH is 1. The zero-order valence-electron chi connectivity index (χ0n) is 11.9. The molecule has 0 spiro atoms. The van der Waals surface area contributed by atoms with Gasteiger partial charge in [0.2, 0.25) is 0 Å². The molecular weight excluding hydrogens is 264 g/mol. The number of aliphatic carboxylic acids is 2. The SMILES string of the molecule is C=C(O)Cc1ccccc1.CC(=O)O.CC(=O)O.N.N. The van der Waals surface area contributed by atoms with Crippen LogP contribution in [0.5, 0.6) is 0 Å². The highest BCUT2D eigenvalue weighted by molar-refractivity contribution is 5.63.